The molecule has 0 amide bonds. The van der Waals surface area contributed by atoms with Crippen LogP contribution in [0.4, 0.5) is 4.39 Å². The lowest BCUT2D eigenvalue weighted by Crippen LogP contribution is -2.16. The largest absolute Gasteiger partial charge is 0.460 e. The number of Topliss-reactive ketones (excluding diaryl/α,β-unsaturated/α-hetero) is 1. The zero-order chi connectivity index (χ0) is 19.8. The minimum Gasteiger partial charge on any atom is -0.460 e. The van der Waals surface area contributed by atoms with Crippen molar-refractivity contribution in [1.29, 1.82) is 0 Å². The lowest BCUT2D eigenvalue weighted by molar-refractivity contribution is -0.123. The summed E-state index contributed by atoms with van der Waals surface area (Å²) < 4.78 is 48.8. The van der Waals surface area contributed by atoms with Gasteiger partial charge in [-0.2, -0.15) is 8.42 Å². The Kier molecular flexibility index (Phi) is 5.12. The highest BCUT2D eigenvalue weighted by Crippen LogP contribution is 2.33. The summed E-state index contributed by atoms with van der Waals surface area (Å²) in [6, 6.07) is 10.6. The van der Waals surface area contributed by atoms with Gasteiger partial charge < -0.3 is 14.7 Å². The molecule has 0 radical (unpaired) electrons. The van der Waals surface area contributed by atoms with E-state index in [4.69, 9.17) is 26.3 Å². The Morgan fingerprint density at radius 3 is 2.56 bits per heavy atom. The van der Waals surface area contributed by atoms with Gasteiger partial charge in [0.2, 0.25) is 17.4 Å². The summed E-state index contributed by atoms with van der Waals surface area (Å²) in [7, 11) is -4.34. The van der Waals surface area contributed by atoms with Crippen LogP contribution in [0.1, 0.15) is 22.8 Å². The zero-order valence-electron chi connectivity index (χ0n) is 14.1. The molecule has 0 aromatic heterocycles. The predicted molar refractivity (Wildman–Crippen MR) is 96.3 cm³/mol. The topological polar surface area (TPSA) is 95.7 Å². The van der Waals surface area contributed by atoms with E-state index in [9.17, 15) is 17.6 Å². The number of ketones is 1. The van der Waals surface area contributed by atoms with Gasteiger partial charge in [-0.15, -0.1) is 0 Å². The lowest BCUT2D eigenvalue weighted by Gasteiger charge is -2.10. The summed E-state index contributed by atoms with van der Waals surface area (Å²) in [6.07, 6.45) is -1.14. The van der Waals surface area contributed by atoms with Crippen molar-refractivity contribution in [3.05, 3.63) is 81.6 Å². The molecule has 1 atom stereocenters. The molecule has 9 heteroatoms. The molecule has 0 fully saturated rings. The number of aryl methyl sites for hydroxylation is 1. The van der Waals surface area contributed by atoms with E-state index >= 15 is 0 Å². The van der Waals surface area contributed by atoms with Gasteiger partial charge in [0.05, 0.1) is 0 Å². The molecule has 2 N–H and O–H groups in total. The maximum absolute atomic E-state index is 14.1. The van der Waals surface area contributed by atoms with E-state index in [0.717, 1.165) is 0 Å². The second kappa shape index (κ2) is 7.21. The Hall–Kier alpha value is -2.58. The van der Waals surface area contributed by atoms with Crippen molar-refractivity contribution >= 4 is 27.5 Å². The predicted octanol–water partition coefficient (Wildman–Crippen LogP) is 3.10. The molecule has 27 heavy (non-hydrogen) atoms. The standard InChI is InChI=1S/C18H15ClFNO5S/c1-10-3-2-4-12(14(10)20)9-27(23,24)26-17-15(22)16(25-18(17)21)11-5-7-13(19)8-6-11/h2-8,16H,9,21H2,1H3. The van der Waals surface area contributed by atoms with Gasteiger partial charge in [0.1, 0.15) is 11.6 Å². The SMILES string of the molecule is Cc1cccc(CS(=O)(=O)OC2=C(N)OC(c3ccc(Cl)cc3)C2=O)c1F. The second-order valence-electron chi connectivity index (χ2n) is 5.94. The molecule has 0 bridgehead atoms. The van der Waals surface area contributed by atoms with Gasteiger partial charge in [0.15, 0.2) is 6.10 Å². The number of hydrogen-bond acceptors (Lipinski definition) is 6. The van der Waals surface area contributed by atoms with Crippen molar-refractivity contribution < 1.29 is 26.5 Å². The monoisotopic (exact) mass is 411 g/mol. The number of carbonyl (C=O) groups is 1. The quantitative estimate of drug-likeness (QED) is 0.759. The molecule has 0 saturated carbocycles. The molecule has 3 rings (SSSR count). The van der Waals surface area contributed by atoms with Crippen molar-refractivity contribution in [2.45, 2.75) is 18.8 Å². The number of nitrogens with two attached hydrogens (primary N) is 1. The number of rotatable bonds is 5. The van der Waals surface area contributed by atoms with Crippen LogP contribution in [0.5, 0.6) is 0 Å². The van der Waals surface area contributed by atoms with Crippen LogP contribution in [0.3, 0.4) is 0 Å². The van der Waals surface area contributed by atoms with Crippen molar-refractivity contribution in [3.8, 4) is 0 Å². The second-order valence-corrected chi connectivity index (χ2v) is 7.95. The van der Waals surface area contributed by atoms with Crippen LogP contribution in [-0.2, 0) is 29.6 Å². The van der Waals surface area contributed by atoms with Crippen molar-refractivity contribution in [2.75, 3.05) is 0 Å². The number of benzene rings is 2. The molecule has 0 spiro atoms. The zero-order valence-corrected chi connectivity index (χ0v) is 15.7. The summed E-state index contributed by atoms with van der Waals surface area (Å²) in [5, 5.41) is 0.462. The van der Waals surface area contributed by atoms with E-state index in [0.29, 0.717) is 16.1 Å². The van der Waals surface area contributed by atoms with Gasteiger partial charge in [-0.05, 0) is 24.6 Å². The van der Waals surface area contributed by atoms with Gasteiger partial charge >= 0.3 is 10.1 Å². The highest BCUT2D eigenvalue weighted by Gasteiger charge is 2.39. The number of carbonyl (C=O) groups excluding carboxylic acids is 1. The fourth-order valence-electron chi connectivity index (χ4n) is 2.58. The van der Waals surface area contributed by atoms with Crippen LogP contribution < -0.4 is 5.73 Å². The van der Waals surface area contributed by atoms with E-state index in [1.54, 1.807) is 24.3 Å². The van der Waals surface area contributed by atoms with Gasteiger partial charge in [0, 0.05) is 16.1 Å². The van der Waals surface area contributed by atoms with Crippen LogP contribution in [-0.4, -0.2) is 14.2 Å². The van der Waals surface area contributed by atoms with E-state index in [-0.39, 0.29) is 5.56 Å². The molecule has 2 aromatic carbocycles. The third kappa shape index (κ3) is 4.06. The number of ether oxygens (including phenoxy) is 1. The fourth-order valence-corrected chi connectivity index (χ4v) is 3.79. The molecule has 1 heterocycles. The smallest absolute Gasteiger partial charge is 0.313 e. The van der Waals surface area contributed by atoms with Crippen LogP contribution >= 0.6 is 11.6 Å². The minimum atomic E-state index is -4.34. The summed E-state index contributed by atoms with van der Waals surface area (Å²) >= 11 is 5.80. The lowest BCUT2D eigenvalue weighted by atomic mass is 10.1. The molecular formula is C18H15ClFNO5S. The first-order valence-electron chi connectivity index (χ1n) is 7.80. The average molecular weight is 412 g/mol. The molecule has 1 aliphatic heterocycles. The summed E-state index contributed by atoms with van der Waals surface area (Å²) in [4.78, 5) is 12.5. The van der Waals surface area contributed by atoms with Gasteiger partial charge in [-0.25, -0.2) is 4.39 Å². The average Bonchev–Trinajstić information content (AvgIpc) is 2.87. The van der Waals surface area contributed by atoms with E-state index < -0.39 is 45.2 Å². The van der Waals surface area contributed by atoms with Gasteiger partial charge in [-0.3, -0.25) is 4.79 Å². The van der Waals surface area contributed by atoms with Crippen molar-refractivity contribution in [3.63, 3.8) is 0 Å². The number of hydrogen-bond donors (Lipinski definition) is 1. The summed E-state index contributed by atoms with van der Waals surface area (Å²) in [6.45, 7) is 1.51. The first-order chi connectivity index (χ1) is 12.7. The first kappa shape index (κ1) is 19.2. The third-order valence-electron chi connectivity index (χ3n) is 3.92. The van der Waals surface area contributed by atoms with E-state index in [2.05, 4.69) is 0 Å². The summed E-state index contributed by atoms with van der Waals surface area (Å²) in [5.41, 5.74) is 6.29. The molecular weight excluding hydrogens is 397 g/mol. The normalized spacial score (nSPS) is 17.1. The Balaban J connectivity index is 1.80. The fraction of sp³-hybridized carbons (Fsp3) is 0.167. The van der Waals surface area contributed by atoms with Gasteiger partial charge in [0.25, 0.3) is 0 Å². The maximum Gasteiger partial charge on any atom is 0.313 e. The summed E-state index contributed by atoms with van der Waals surface area (Å²) in [5.74, 6) is -3.23. The van der Waals surface area contributed by atoms with Crippen molar-refractivity contribution in [1.82, 2.24) is 0 Å². The van der Waals surface area contributed by atoms with Crippen molar-refractivity contribution in [2.24, 2.45) is 5.73 Å². The Morgan fingerprint density at radius 1 is 1.22 bits per heavy atom. The molecule has 142 valence electrons. The number of halogens is 2. The van der Waals surface area contributed by atoms with Crippen LogP contribution in [0, 0.1) is 12.7 Å². The molecule has 1 unspecified atom stereocenters. The molecule has 0 saturated heterocycles. The van der Waals surface area contributed by atoms with E-state index in [1.807, 2.05) is 0 Å². The van der Waals surface area contributed by atoms with Crippen LogP contribution in [0.2, 0.25) is 5.02 Å². The first-order valence-corrected chi connectivity index (χ1v) is 9.75. The van der Waals surface area contributed by atoms with Crippen LogP contribution in [0.15, 0.2) is 54.1 Å². The molecule has 0 aliphatic carbocycles. The van der Waals surface area contributed by atoms with Gasteiger partial charge in [-0.1, -0.05) is 41.9 Å². The highest BCUT2D eigenvalue weighted by atomic mass is 35.5. The Morgan fingerprint density at radius 2 is 1.89 bits per heavy atom. The minimum absolute atomic E-state index is 0.0743. The molecule has 2 aromatic rings. The Bertz CT molecular complexity index is 1030. The van der Waals surface area contributed by atoms with E-state index in [1.165, 1.54) is 25.1 Å². The third-order valence-corrected chi connectivity index (χ3v) is 5.25. The maximum atomic E-state index is 14.1. The van der Waals surface area contributed by atoms with Crippen LogP contribution in [0.25, 0.3) is 0 Å². The Labute approximate surface area is 160 Å². The highest BCUT2D eigenvalue weighted by molar-refractivity contribution is 7.86. The molecule has 6 nitrogen and oxygen atoms in total. The molecule has 1 aliphatic rings.